The predicted octanol–water partition coefficient (Wildman–Crippen LogP) is 3.41. The van der Waals surface area contributed by atoms with Crippen LogP contribution in [0.25, 0.3) is 22.3 Å². The molecule has 3 heterocycles. The van der Waals surface area contributed by atoms with Gasteiger partial charge in [-0.15, -0.1) is 0 Å². The Balaban J connectivity index is 1.39. The van der Waals surface area contributed by atoms with Crippen molar-refractivity contribution in [2.24, 2.45) is 0 Å². The second-order valence-electron chi connectivity index (χ2n) is 6.83. The molecule has 0 aliphatic heterocycles. The smallest absolute Gasteiger partial charge is 0.269 e. The second-order valence-corrected chi connectivity index (χ2v) is 6.83. The third-order valence-corrected chi connectivity index (χ3v) is 4.82. The predicted molar refractivity (Wildman–Crippen MR) is 114 cm³/mol. The van der Waals surface area contributed by atoms with Crippen molar-refractivity contribution in [2.45, 2.75) is 19.3 Å². The summed E-state index contributed by atoms with van der Waals surface area (Å²) >= 11 is 0. The van der Waals surface area contributed by atoms with Gasteiger partial charge in [-0.3, -0.25) is 30.4 Å². The number of nitrogens with zero attached hydrogens (tertiary/aromatic N) is 2. The first-order valence-corrected chi connectivity index (χ1v) is 9.72. The van der Waals surface area contributed by atoms with Gasteiger partial charge in [-0.25, -0.2) is 0 Å². The Kier molecular flexibility index (Phi) is 5.80. The van der Waals surface area contributed by atoms with Crippen molar-refractivity contribution >= 4 is 22.7 Å². The molecule has 30 heavy (non-hydrogen) atoms. The van der Waals surface area contributed by atoms with Gasteiger partial charge in [0, 0.05) is 41.5 Å². The summed E-state index contributed by atoms with van der Waals surface area (Å²) in [5.41, 5.74) is 9.36. The lowest BCUT2D eigenvalue weighted by atomic mass is 10.0. The van der Waals surface area contributed by atoms with Crippen LogP contribution in [0.4, 0.5) is 0 Å². The zero-order valence-corrected chi connectivity index (χ0v) is 16.3. The number of aromatic nitrogens is 3. The van der Waals surface area contributed by atoms with Crippen molar-refractivity contribution in [2.75, 3.05) is 0 Å². The van der Waals surface area contributed by atoms with Gasteiger partial charge >= 0.3 is 0 Å². The Morgan fingerprint density at radius 1 is 0.900 bits per heavy atom. The van der Waals surface area contributed by atoms with Gasteiger partial charge in [0.2, 0.25) is 5.91 Å². The average molecular weight is 399 g/mol. The van der Waals surface area contributed by atoms with Crippen molar-refractivity contribution in [3.8, 4) is 11.4 Å². The first kappa shape index (κ1) is 19.3. The van der Waals surface area contributed by atoms with E-state index in [1.807, 2.05) is 36.4 Å². The Bertz CT molecular complexity index is 1160. The summed E-state index contributed by atoms with van der Waals surface area (Å²) in [5.74, 6) is -0.614. The van der Waals surface area contributed by atoms with Crippen molar-refractivity contribution in [3.63, 3.8) is 0 Å². The number of carbonyl (C=O) groups excluding carboxylic acids is 2. The molecular formula is C23H21N5O2. The van der Waals surface area contributed by atoms with Gasteiger partial charge in [0.15, 0.2) is 0 Å². The molecule has 0 fully saturated rings. The van der Waals surface area contributed by atoms with Crippen LogP contribution in [0.15, 0.2) is 73.2 Å². The van der Waals surface area contributed by atoms with Crippen molar-refractivity contribution in [1.82, 2.24) is 25.8 Å². The van der Waals surface area contributed by atoms with Gasteiger partial charge in [0.1, 0.15) is 0 Å². The lowest BCUT2D eigenvalue weighted by Crippen LogP contribution is -2.41. The van der Waals surface area contributed by atoms with E-state index < -0.39 is 0 Å². The molecule has 4 aromatic rings. The van der Waals surface area contributed by atoms with Crippen LogP contribution in [-0.2, 0) is 11.2 Å². The highest BCUT2D eigenvalue weighted by Crippen LogP contribution is 2.30. The van der Waals surface area contributed by atoms with Crippen LogP contribution in [0.5, 0.6) is 0 Å². The number of rotatable bonds is 6. The number of carbonyl (C=O) groups is 2. The van der Waals surface area contributed by atoms with E-state index in [0.29, 0.717) is 18.4 Å². The van der Waals surface area contributed by atoms with E-state index in [9.17, 15) is 9.59 Å². The summed E-state index contributed by atoms with van der Waals surface area (Å²) in [6, 6.07) is 17.1. The van der Waals surface area contributed by atoms with Crippen LogP contribution in [0.2, 0.25) is 0 Å². The van der Waals surface area contributed by atoms with Crippen LogP contribution >= 0.6 is 0 Å². The summed E-state index contributed by atoms with van der Waals surface area (Å²) in [5, 5.41) is 1.13. The minimum absolute atomic E-state index is 0.239. The molecule has 0 saturated carbocycles. The summed E-state index contributed by atoms with van der Waals surface area (Å²) in [6.45, 7) is 0. The fourth-order valence-corrected chi connectivity index (χ4v) is 3.38. The summed E-state index contributed by atoms with van der Waals surface area (Å²) in [4.78, 5) is 35.9. The van der Waals surface area contributed by atoms with Crippen LogP contribution in [0, 0.1) is 0 Å². The van der Waals surface area contributed by atoms with E-state index in [4.69, 9.17) is 0 Å². The summed E-state index contributed by atoms with van der Waals surface area (Å²) < 4.78 is 0. The molecule has 0 aliphatic carbocycles. The molecule has 7 heteroatoms. The van der Waals surface area contributed by atoms with Gasteiger partial charge in [0.05, 0.1) is 11.4 Å². The van der Waals surface area contributed by atoms with Gasteiger partial charge in [0.25, 0.3) is 5.91 Å². The van der Waals surface area contributed by atoms with Crippen molar-refractivity contribution in [3.05, 3.63) is 84.3 Å². The first-order chi connectivity index (χ1) is 14.7. The number of hydrazine groups is 1. The van der Waals surface area contributed by atoms with Gasteiger partial charge in [-0.05, 0) is 48.7 Å². The van der Waals surface area contributed by atoms with Crippen LogP contribution in [0.1, 0.15) is 28.8 Å². The number of aromatic amines is 1. The Morgan fingerprint density at radius 2 is 1.70 bits per heavy atom. The number of benzene rings is 1. The van der Waals surface area contributed by atoms with Gasteiger partial charge in [-0.2, -0.15) is 0 Å². The van der Waals surface area contributed by atoms with E-state index >= 15 is 0 Å². The summed E-state index contributed by atoms with van der Waals surface area (Å²) in [7, 11) is 0. The highest BCUT2D eigenvalue weighted by molar-refractivity contribution is 5.95. The highest BCUT2D eigenvalue weighted by Gasteiger charge is 2.14. The number of fused-ring (bicyclic) bond motifs is 1. The Morgan fingerprint density at radius 3 is 2.50 bits per heavy atom. The molecule has 150 valence electrons. The monoisotopic (exact) mass is 399 g/mol. The van der Waals surface area contributed by atoms with E-state index in [-0.39, 0.29) is 18.2 Å². The normalized spacial score (nSPS) is 10.7. The number of amides is 2. The largest absolute Gasteiger partial charge is 0.353 e. The lowest BCUT2D eigenvalue weighted by Gasteiger charge is -2.08. The second kappa shape index (κ2) is 9.00. The molecule has 0 aliphatic rings. The maximum Gasteiger partial charge on any atom is 0.269 e. The maximum absolute atomic E-state index is 12.2. The highest BCUT2D eigenvalue weighted by atomic mass is 16.2. The maximum atomic E-state index is 12.2. The number of para-hydroxylation sites is 1. The molecule has 0 unspecified atom stereocenters. The third kappa shape index (κ3) is 4.35. The van der Waals surface area contributed by atoms with Crippen molar-refractivity contribution in [1.29, 1.82) is 0 Å². The Labute approximate surface area is 173 Å². The number of nitrogens with one attached hydrogen (secondary N) is 3. The Hall–Kier alpha value is -4.00. The van der Waals surface area contributed by atoms with Gasteiger partial charge in [-0.1, -0.05) is 24.3 Å². The number of H-pyrrole nitrogens is 1. The van der Waals surface area contributed by atoms with Crippen LogP contribution in [-0.4, -0.2) is 26.8 Å². The van der Waals surface area contributed by atoms with Crippen molar-refractivity contribution < 1.29 is 9.59 Å². The van der Waals surface area contributed by atoms with E-state index in [2.05, 4.69) is 31.9 Å². The molecule has 3 aromatic heterocycles. The molecule has 1 aromatic carbocycles. The number of aryl methyl sites for hydroxylation is 1. The molecule has 0 saturated heterocycles. The lowest BCUT2D eigenvalue weighted by molar-refractivity contribution is -0.121. The molecule has 0 spiro atoms. The topological polar surface area (TPSA) is 99.8 Å². The molecule has 0 radical (unpaired) electrons. The number of hydrogen-bond donors (Lipinski definition) is 3. The molecule has 7 nitrogen and oxygen atoms in total. The minimum Gasteiger partial charge on any atom is -0.353 e. The molecule has 0 bridgehead atoms. The average Bonchev–Trinajstić information content (AvgIpc) is 3.17. The minimum atomic E-state index is -0.375. The van der Waals surface area contributed by atoms with E-state index in [0.717, 1.165) is 27.9 Å². The molecule has 2 amide bonds. The fraction of sp³-hybridized carbons (Fsp3) is 0.130. The number of pyridine rings is 2. The zero-order valence-electron chi connectivity index (χ0n) is 16.3. The number of hydrogen-bond acceptors (Lipinski definition) is 4. The van der Waals surface area contributed by atoms with E-state index in [1.165, 1.54) is 12.4 Å². The van der Waals surface area contributed by atoms with E-state index in [1.54, 1.807) is 18.3 Å². The summed E-state index contributed by atoms with van der Waals surface area (Å²) in [6.07, 6.45) is 6.45. The zero-order chi connectivity index (χ0) is 20.8. The fourth-order valence-electron chi connectivity index (χ4n) is 3.38. The molecule has 0 atom stereocenters. The quantitative estimate of drug-likeness (QED) is 0.433. The van der Waals surface area contributed by atoms with Crippen LogP contribution < -0.4 is 10.9 Å². The van der Waals surface area contributed by atoms with Gasteiger partial charge < -0.3 is 4.98 Å². The standard InChI is InChI=1S/C23H21N5O2/c29-21(27-28-23(30)16-11-14-24-15-12-16)10-5-7-18-17-6-1-2-8-19(17)26-22(18)20-9-3-4-13-25-20/h1-4,6,8-9,11-15,26H,5,7,10H2,(H,27,29)(H,28,30). The van der Waals surface area contributed by atoms with Crippen LogP contribution in [0.3, 0.4) is 0 Å². The molecule has 4 rings (SSSR count). The molecular weight excluding hydrogens is 378 g/mol. The first-order valence-electron chi connectivity index (χ1n) is 9.72. The third-order valence-electron chi connectivity index (χ3n) is 4.82. The SMILES string of the molecule is O=C(CCCc1c(-c2ccccn2)[nH]c2ccccc12)NNC(=O)c1ccncc1. The molecule has 3 N–H and O–H groups in total.